The van der Waals surface area contributed by atoms with Crippen LogP contribution in [0.15, 0.2) is 89.6 Å². The Morgan fingerprint density at radius 3 is 2.59 bits per heavy atom. The van der Waals surface area contributed by atoms with Crippen molar-refractivity contribution in [1.29, 1.82) is 0 Å². The number of cyclic esters (lactones) is 1. The van der Waals surface area contributed by atoms with Crippen molar-refractivity contribution in [2.75, 3.05) is 11.5 Å². The molecular formula is C26H20N4O4. The number of benzene rings is 2. The molecule has 0 bridgehead atoms. The van der Waals surface area contributed by atoms with Gasteiger partial charge >= 0.3 is 12.1 Å². The molecule has 168 valence electrons. The van der Waals surface area contributed by atoms with Gasteiger partial charge in [0.25, 0.3) is 0 Å². The smallest absolute Gasteiger partial charge is 0.412 e. The Balaban J connectivity index is 1.41. The van der Waals surface area contributed by atoms with Crippen LogP contribution in [0.3, 0.4) is 0 Å². The summed E-state index contributed by atoms with van der Waals surface area (Å²) >= 11 is 0. The van der Waals surface area contributed by atoms with Crippen molar-refractivity contribution in [2.45, 2.75) is 12.2 Å². The number of fused-ring (bicyclic) bond motifs is 1. The number of carbonyl (C=O) groups excluding carboxylic acids is 2. The highest BCUT2D eigenvalue weighted by atomic mass is 16.6. The van der Waals surface area contributed by atoms with E-state index in [1.807, 2.05) is 66.7 Å². The van der Waals surface area contributed by atoms with Crippen molar-refractivity contribution in [3.05, 3.63) is 96.3 Å². The fourth-order valence-corrected chi connectivity index (χ4v) is 4.49. The number of amides is 2. The van der Waals surface area contributed by atoms with Gasteiger partial charge in [-0.1, -0.05) is 60.7 Å². The second kappa shape index (κ2) is 8.15. The Labute approximate surface area is 195 Å². The summed E-state index contributed by atoms with van der Waals surface area (Å²) in [5.41, 5.74) is 3.00. The first-order valence-corrected chi connectivity index (χ1v) is 11.0. The normalized spacial score (nSPS) is 22.4. The average molecular weight is 452 g/mol. The number of ether oxygens (including phenoxy) is 1. The molecule has 0 N–H and O–H groups in total. The highest BCUT2D eigenvalue weighted by Gasteiger charge is 2.57. The van der Waals surface area contributed by atoms with Crippen LogP contribution in [0, 0.1) is 5.92 Å². The summed E-state index contributed by atoms with van der Waals surface area (Å²) in [5.74, 6) is -0.796. The van der Waals surface area contributed by atoms with Crippen LogP contribution in [0.1, 0.15) is 17.2 Å². The Hall–Kier alpha value is -4.46. The summed E-state index contributed by atoms with van der Waals surface area (Å²) in [7, 11) is 0. The standard InChI is InChI=1S/C26H20N4O4/c31-24-19(13-12-17-7-6-14-27-15-17)23(30(24)25-28-20-10-4-5-11-22(20)34-25)29-21(16-33-26(29)32)18-8-2-1-3-9-18/h1-15,19,21,23H,16H2/t19-,21-,23+/m1/s1. The van der Waals surface area contributed by atoms with Gasteiger partial charge in [-0.3, -0.25) is 14.7 Å². The molecule has 8 nitrogen and oxygen atoms in total. The maximum absolute atomic E-state index is 13.4. The minimum atomic E-state index is -0.645. The van der Waals surface area contributed by atoms with Gasteiger partial charge in [0.15, 0.2) is 5.58 Å². The van der Waals surface area contributed by atoms with Gasteiger partial charge in [0.1, 0.15) is 18.3 Å². The molecule has 0 saturated carbocycles. The molecule has 4 heterocycles. The molecule has 0 unspecified atom stereocenters. The largest absolute Gasteiger partial charge is 0.447 e. The van der Waals surface area contributed by atoms with Crippen LogP contribution < -0.4 is 4.90 Å². The molecule has 4 aromatic rings. The second-order valence-corrected chi connectivity index (χ2v) is 8.17. The van der Waals surface area contributed by atoms with Gasteiger partial charge in [0, 0.05) is 12.4 Å². The van der Waals surface area contributed by atoms with Crippen molar-refractivity contribution in [3.8, 4) is 0 Å². The summed E-state index contributed by atoms with van der Waals surface area (Å²) in [4.78, 5) is 38.0. The monoisotopic (exact) mass is 452 g/mol. The molecule has 2 aromatic carbocycles. The van der Waals surface area contributed by atoms with Crippen molar-refractivity contribution >= 4 is 35.2 Å². The van der Waals surface area contributed by atoms with Crippen molar-refractivity contribution in [1.82, 2.24) is 14.9 Å². The molecule has 2 aromatic heterocycles. The average Bonchev–Trinajstić information content (AvgIpc) is 3.46. The van der Waals surface area contributed by atoms with E-state index in [2.05, 4.69) is 9.97 Å². The Morgan fingerprint density at radius 1 is 0.971 bits per heavy atom. The van der Waals surface area contributed by atoms with Crippen LogP contribution in [0.25, 0.3) is 17.2 Å². The van der Waals surface area contributed by atoms with E-state index in [1.54, 1.807) is 29.4 Å². The van der Waals surface area contributed by atoms with Crippen LogP contribution in [-0.4, -0.2) is 39.6 Å². The quantitative estimate of drug-likeness (QED) is 0.417. The molecule has 0 aliphatic carbocycles. The van der Waals surface area contributed by atoms with Gasteiger partial charge in [0.05, 0.1) is 12.0 Å². The topological polar surface area (TPSA) is 88.8 Å². The number of aromatic nitrogens is 2. The molecule has 2 aliphatic rings. The van der Waals surface area contributed by atoms with E-state index in [-0.39, 0.29) is 24.6 Å². The van der Waals surface area contributed by atoms with Crippen LogP contribution in [-0.2, 0) is 9.53 Å². The molecular weight excluding hydrogens is 432 g/mol. The van der Waals surface area contributed by atoms with E-state index < -0.39 is 18.2 Å². The SMILES string of the molecule is O=C1[C@H](C=Cc2cccnc2)[C@@H](N2C(=O)OC[C@@H]2c2ccccc2)N1c1nc2ccccc2o1. The van der Waals surface area contributed by atoms with E-state index >= 15 is 0 Å². The van der Waals surface area contributed by atoms with Gasteiger partial charge in [-0.15, -0.1) is 0 Å². The first-order chi connectivity index (χ1) is 16.7. The third-order valence-corrected chi connectivity index (χ3v) is 6.16. The summed E-state index contributed by atoms with van der Waals surface area (Å²) in [6.45, 7) is 0.202. The van der Waals surface area contributed by atoms with Gasteiger partial charge in [0.2, 0.25) is 5.91 Å². The number of oxazole rings is 1. The first-order valence-electron chi connectivity index (χ1n) is 11.0. The fraction of sp³-hybridized carbons (Fsp3) is 0.154. The lowest BCUT2D eigenvalue weighted by molar-refractivity contribution is -0.132. The van der Waals surface area contributed by atoms with E-state index in [0.29, 0.717) is 11.1 Å². The van der Waals surface area contributed by atoms with E-state index in [0.717, 1.165) is 11.1 Å². The van der Waals surface area contributed by atoms with Gasteiger partial charge in [-0.25, -0.2) is 9.69 Å². The maximum atomic E-state index is 13.4. The van der Waals surface area contributed by atoms with Crippen LogP contribution in [0.5, 0.6) is 0 Å². The third-order valence-electron chi connectivity index (χ3n) is 6.16. The van der Waals surface area contributed by atoms with Crippen molar-refractivity contribution < 1.29 is 18.7 Å². The van der Waals surface area contributed by atoms with E-state index in [4.69, 9.17) is 9.15 Å². The number of para-hydroxylation sites is 2. The van der Waals surface area contributed by atoms with Crippen LogP contribution in [0.4, 0.5) is 10.8 Å². The molecule has 2 fully saturated rings. The summed E-state index contributed by atoms with van der Waals surface area (Å²) < 4.78 is 11.3. The molecule has 8 heteroatoms. The molecule has 2 aliphatic heterocycles. The molecule has 2 amide bonds. The molecule has 34 heavy (non-hydrogen) atoms. The molecule has 0 radical (unpaired) electrons. The zero-order chi connectivity index (χ0) is 23.1. The Kier molecular flexibility index (Phi) is 4.83. The molecule has 3 atom stereocenters. The minimum Gasteiger partial charge on any atom is -0.447 e. The number of carbonyl (C=O) groups is 2. The first kappa shape index (κ1) is 20.2. The van der Waals surface area contributed by atoms with Gasteiger partial charge in [-0.2, -0.15) is 4.98 Å². The highest BCUT2D eigenvalue weighted by Crippen LogP contribution is 2.42. The van der Waals surface area contributed by atoms with Crippen molar-refractivity contribution in [3.63, 3.8) is 0 Å². The predicted molar refractivity (Wildman–Crippen MR) is 124 cm³/mol. The van der Waals surface area contributed by atoms with E-state index in [1.165, 1.54) is 4.90 Å². The van der Waals surface area contributed by atoms with E-state index in [9.17, 15) is 9.59 Å². The highest BCUT2D eigenvalue weighted by molar-refractivity contribution is 6.04. The number of hydrogen-bond donors (Lipinski definition) is 0. The van der Waals surface area contributed by atoms with Crippen LogP contribution >= 0.6 is 0 Å². The zero-order valence-corrected chi connectivity index (χ0v) is 18.0. The van der Waals surface area contributed by atoms with Crippen LogP contribution in [0.2, 0.25) is 0 Å². The lowest BCUT2D eigenvalue weighted by Gasteiger charge is -2.48. The maximum Gasteiger partial charge on any atom is 0.412 e. The molecule has 2 saturated heterocycles. The number of nitrogens with zero attached hydrogens (tertiary/aromatic N) is 4. The molecule has 6 rings (SSSR count). The molecule has 0 spiro atoms. The number of hydrogen-bond acceptors (Lipinski definition) is 6. The summed E-state index contributed by atoms with van der Waals surface area (Å²) in [6.07, 6.45) is 5.92. The number of pyridine rings is 1. The predicted octanol–water partition coefficient (Wildman–Crippen LogP) is 4.42. The lowest BCUT2D eigenvalue weighted by atomic mass is 9.90. The van der Waals surface area contributed by atoms with Crippen molar-refractivity contribution in [2.24, 2.45) is 5.92 Å². The Morgan fingerprint density at radius 2 is 1.79 bits per heavy atom. The third kappa shape index (κ3) is 3.31. The summed E-state index contributed by atoms with van der Waals surface area (Å²) in [6, 6.07) is 20.5. The number of anilines is 1. The fourth-order valence-electron chi connectivity index (χ4n) is 4.49. The Bertz CT molecular complexity index is 1350. The number of β-lactam (4-membered cyclic amide) rings is 1. The summed E-state index contributed by atoms with van der Waals surface area (Å²) in [5, 5.41) is 0. The van der Waals surface area contributed by atoms with Gasteiger partial charge in [-0.05, 0) is 29.3 Å². The minimum absolute atomic E-state index is 0.161. The van der Waals surface area contributed by atoms with Gasteiger partial charge < -0.3 is 9.15 Å². The number of rotatable bonds is 5. The second-order valence-electron chi connectivity index (χ2n) is 8.17. The lowest BCUT2D eigenvalue weighted by Crippen LogP contribution is -2.68. The zero-order valence-electron chi connectivity index (χ0n) is 18.0.